The largest absolute Gasteiger partial charge is 0.395 e. The molecule has 0 spiro atoms. The first-order chi connectivity index (χ1) is 11.7. The standard InChI is InChI=1S/C21H37NO2/c1-3-4-5-6-7-8-9-10-11-12-13-14-15-16-17-18-21(24)22(2)19-20-23/h4-5,7-8,10-11,23H,3,6,9,12-20H2,1-2H3/b5-4+,8-7+,11-10+. The quantitative estimate of drug-likeness (QED) is 0.337. The van der Waals surface area contributed by atoms with Crippen molar-refractivity contribution in [1.29, 1.82) is 0 Å². The van der Waals surface area contributed by atoms with Gasteiger partial charge in [0.05, 0.1) is 6.61 Å². The number of nitrogens with zero attached hydrogens (tertiary/aromatic N) is 1. The minimum absolute atomic E-state index is 0.0431. The SMILES string of the molecule is CC/C=C/C/C=C/C/C=C/CCCCCCCC(=O)N(C)CCO. The van der Waals surface area contributed by atoms with Crippen LogP contribution in [0.25, 0.3) is 0 Å². The fourth-order valence-electron chi connectivity index (χ4n) is 2.36. The van der Waals surface area contributed by atoms with Gasteiger partial charge in [-0.2, -0.15) is 0 Å². The minimum Gasteiger partial charge on any atom is -0.395 e. The first-order valence-corrected chi connectivity index (χ1v) is 9.52. The molecule has 0 atom stereocenters. The molecule has 1 amide bonds. The Labute approximate surface area is 149 Å². The van der Waals surface area contributed by atoms with E-state index in [-0.39, 0.29) is 12.5 Å². The molecule has 0 aliphatic rings. The lowest BCUT2D eigenvalue weighted by Gasteiger charge is -2.15. The molecule has 0 aromatic rings. The molecule has 0 unspecified atom stereocenters. The number of aliphatic hydroxyl groups is 1. The van der Waals surface area contributed by atoms with Gasteiger partial charge in [0.15, 0.2) is 0 Å². The van der Waals surface area contributed by atoms with E-state index in [1.807, 2.05) is 0 Å². The zero-order valence-electron chi connectivity index (χ0n) is 15.8. The van der Waals surface area contributed by atoms with E-state index in [2.05, 4.69) is 43.4 Å². The molecule has 0 aromatic carbocycles. The first-order valence-electron chi connectivity index (χ1n) is 9.52. The van der Waals surface area contributed by atoms with E-state index in [0.717, 1.165) is 38.5 Å². The molecule has 3 nitrogen and oxygen atoms in total. The van der Waals surface area contributed by atoms with Gasteiger partial charge in [-0.1, -0.05) is 62.6 Å². The maximum atomic E-state index is 11.7. The van der Waals surface area contributed by atoms with Gasteiger partial charge in [0, 0.05) is 20.0 Å². The van der Waals surface area contributed by atoms with E-state index in [4.69, 9.17) is 5.11 Å². The Kier molecular flexibility index (Phi) is 17.0. The zero-order chi connectivity index (χ0) is 17.9. The van der Waals surface area contributed by atoms with E-state index >= 15 is 0 Å². The number of rotatable bonds is 15. The summed E-state index contributed by atoms with van der Waals surface area (Å²) >= 11 is 0. The molecule has 0 saturated heterocycles. The molecule has 3 heteroatoms. The summed E-state index contributed by atoms with van der Waals surface area (Å²) in [5, 5.41) is 8.78. The Bertz CT molecular complexity index is 372. The summed E-state index contributed by atoms with van der Waals surface area (Å²) in [6, 6.07) is 0. The van der Waals surface area contributed by atoms with Gasteiger partial charge in [-0.05, 0) is 38.5 Å². The van der Waals surface area contributed by atoms with Gasteiger partial charge < -0.3 is 10.0 Å². The van der Waals surface area contributed by atoms with Crippen LogP contribution in [0.15, 0.2) is 36.5 Å². The van der Waals surface area contributed by atoms with Crippen molar-refractivity contribution in [2.24, 2.45) is 0 Å². The van der Waals surface area contributed by atoms with E-state index in [9.17, 15) is 4.79 Å². The van der Waals surface area contributed by atoms with E-state index in [0.29, 0.717) is 13.0 Å². The normalized spacial score (nSPS) is 12.0. The van der Waals surface area contributed by atoms with Gasteiger partial charge in [-0.25, -0.2) is 0 Å². The Balaban J connectivity index is 3.37. The molecule has 0 aliphatic carbocycles. The van der Waals surface area contributed by atoms with Gasteiger partial charge in [0.25, 0.3) is 0 Å². The lowest BCUT2D eigenvalue weighted by atomic mass is 10.1. The van der Waals surface area contributed by atoms with Gasteiger partial charge in [0.2, 0.25) is 5.91 Å². The number of hydrogen-bond donors (Lipinski definition) is 1. The Morgan fingerprint density at radius 3 is 2.12 bits per heavy atom. The van der Waals surface area contributed by atoms with E-state index in [1.165, 1.54) is 19.3 Å². The third kappa shape index (κ3) is 15.5. The molecule has 1 N–H and O–H groups in total. The highest BCUT2D eigenvalue weighted by Gasteiger charge is 2.06. The minimum atomic E-state index is 0.0431. The molecule has 0 saturated carbocycles. The molecular weight excluding hydrogens is 298 g/mol. The molecule has 0 aliphatic heterocycles. The van der Waals surface area contributed by atoms with Crippen molar-refractivity contribution in [3.63, 3.8) is 0 Å². The van der Waals surface area contributed by atoms with Crippen molar-refractivity contribution in [3.05, 3.63) is 36.5 Å². The third-order valence-electron chi connectivity index (χ3n) is 3.90. The van der Waals surface area contributed by atoms with Crippen LogP contribution in [0, 0.1) is 0 Å². The van der Waals surface area contributed by atoms with Crippen LogP contribution in [0.4, 0.5) is 0 Å². The second-order valence-electron chi connectivity index (χ2n) is 6.14. The van der Waals surface area contributed by atoms with Gasteiger partial charge in [-0.3, -0.25) is 4.79 Å². The monoisotopic (exact) mass is 335 g/mol. The topological polar surface area (TPSA) is 40.5 Å². The number of carbonyl (C=O) groups excluding carboxylic acids is 1. The number of aliphatic hydroxyl groups excluding tert-OH is 1. The molecule has 0 aromatic heterocycles. The van der Waals surface area contributed by atoms with Crippen LogP contribution in [-0.2, 0) is 4.79 Å². The maximum absolute atomic E-state index is 11.7. The van der Waals surface area contributed by atoms with Crippen LogP contribution in [0.2, 0.25) is 0 Å². The van der Waals surface area contributed by atoms with Crippen LogP contribution in [0.3, 0.4) is 0 Å². The highest BCUT2D eigenvalue weighted by molar-refractivity contribution is 5.75. The van der Waals surface area contributed by atoms with Crippen LogP contribution in [0.5, 0.6) is 0 Å². The average Bonchev–Trinajstić information content (AvgIpc) is 2.58. The summed E-state index contributed by atoms with van der Waals surface area (Å²) < 4.78 is 0. The first kappa shape index (κ1) is 22.6. The van der Waals surface area contributed by atoms with Crippen LogP contribution in [-0.4, -0.2) is 36.1 Å². The van der Waals surface area contributed by atoms with Crippen molar-refractivity contribution < 1.29 is 9.90 Å². The van der Waals surface area contributed by atoms with E-state index in [1.54, 1.807) is 11.9 Å². The molecule has 0 rings (SSSR count). The lowest BCUT2D eigenvalue weighted by molar-refractivity contribution is -0.130. The number of amides is 1. The number of likely N-dealkylation sites (N-methyl/N-ethyl adjacent to an activating group) is 1. The summed E-state index contributed by atoms with van der Waals surface area (Å²) in [5.41, 5.74) is 0. The molecule has 24 heavy (non-hydrogen) atoms. The number of carbonyl (C=O) groups is 1. The predicted molar refractivity (Wildman–Crippen MR) is 104 cm³/mol. The van der Waals surface area contributed by atoms with Crippen LogP contribution in [0.1, 0.15) is 71.1 Å². The van der Waals surface area contributed by atoms with Crippen molar-refractivity contribution in [2.45, 2.75) is 71.1 Å². The highest BCUT2D eigenvalue weighted by Crippen LogP contribution is 2.08. The van der Waals surface area contributed by atoms with Crippen molar-refractivity contribution in [2.75, 3.05) is 20.2 Å². The fourth-order valence-corrected chi connectivity index (χ4v) is 2.36. The van der Waals surface area contributed by atoms with Crippen LogP contribution >= 0.6 is 0 Å². The number of allylic oxidation sites excluding steroid dienone is 6. The Morgan fingerprint density at radius 2 is 1.46 bits per heavy atom. The van der Waals surface area contributed by atoms with Crippen molar-refractivity contribution in [1.82, 2.24) is 4.90 Å². The molecule has 0 radical (unpaired) electrons. The maximum Gasteiger partial charge on any atom is 0.222 e. The Morgan fingerprint density at radius 1 is 0.875 bits per heavy atom. The molecule has 0 bridgehead atoms. The predicted octanol–water partition coefficient (Wildman–Crippen LogP) is 5.03. The van der Waals surface area contributed by atoms with E-state index < -0.39 is 0 Å². The Hall–Kier alpha value is -1.35. The van der Waals surface area contributed by atoms with Gasteiger partial charge in [-0.15, -0.1) is 0 Å². The summed E-state index contributed by atoms with van der Waals surface area (Å²) in [6.45, 7) is 2.64. The van der Waals surface area contributed by atoms with Gasteiger partial charge >= 0.3 is 0 Å². The summed E-state index contributed by atoms with van der Waals surface area (Å²) in [7, 11) is 1.75. The summed E-state index contributed by atoms with van der Waals surface area (Å²) in [6.07, 6.45) is 24.1. The average molecular weight is 336 g/mol. The highest BCUT2D eigenvalue weighted by atomic mass is 16.3. The molecular formula is C21H37NO2. The zero-order valence-corrected chi connectivity index (χ0v) is 15.8. The second-order valence-corrected chi connectivity index (χ2v) is 6.14. The number of unbranched alkanes of at least 4 members (excludes halogenated alkanes) is 5. The van der Waals surface area contributed by atoms with Crippen molar-refractivity contribution in [3.8, 4) is 0 Å². The lowest BCUT2D eigenvalue weighted by Crippen LogP contribution is -2.29. The summed E-state index contributed by atoms with van der Waals surface area (Å²) in [5.74, 6) is 0.144. The molecule has 138 valence electrons. The number of hydrogen-bond acceptors (Lipinski definition) is 2. The fraction of sp³-hybridized carbons (Fsp3) is 0.667. The summed E-state index contributed by atoms with van der Waals surface area (Å²) in [4.78, 5) is 13.3. The van der Waals surface area contributed by atoms with Crippen molar-refractivity contribution >= 4 is 5.91 Å². The third-order valence-corrected chi connectivity index (χ3v) is 3.90. The molecule has 0 heterocycles. The van der Waals surface area contributed by atoms with Crippen LogP contribution < -0.4 is 0 Å². The second kappa shape index (κ2) is 18.0. The molecule has 0 fully saturated rings. The van der Waals surface area contributed by atoms with Gasteiger partial charge in [0.1, 0.15) is 0 Å². The smallest absolute Gasteiger partial charge is 0.222 e.